The fraction of sp³-hybridized carbons (Fsp3) is 0. The minimum absolute atomic E-state index is 0. The van der Waals surface area contributed by atoms with Crippen LogP contribution in [0.1, 0.15) is 0 Å². The van der Waals surface area contributed by atoms with E-state index in [0.29, 0.717) is 0 Å². The van der Waals surface area contributed by atoms with Gasteiger partial charge in [0.05, 0.1) is 17.4 Å². The van der Waals surface area contributed by atoms with Crippen molar-refractivity contribution in [2.75, 3.05) is 0 Å². The Morgan fingerprint density at radius 2 is 1.00 bits per heavy atom. The van der Waals surface area contributed by atoms with Crippen LogP contribution in [-0.2, 0) is 9.13 Å². The Morgan fingerprint density at radius 1 is 1.00 bits per heavy atom. The van der Waals surface area contributed by atoms with E-state index in [2.05, 4.69) is 0 Å². The van der Waals surface area contributed by atoms with E-state index in [1.165, 1.54) is 0 Å². The third-order valence-electron chi connectivity index (χ3n) is 0. The van der Waals surface area contributed by atoms with Crippen LogP contribution in [0.25, 0.3) is 0 Å². The molecule has 0 saturated heterocycles. The molecule has 0 aliphatic heterocycles. The summed E-state index contributed by atoms with van der Waals surface area (Å²) in [6.07, 6.45) is 0. The number of hydrogen-bond donors (Lipinski definition) is 0. The van der Waals surface area contributed by atoms with Gasteiger partial charge in [-0.05, 0) is 0 Å². The van der Waals surface area contributed by atoms with Gasteiger partial charge in [-0.2, -0.15) is 0 Å². The van der Waals surface area contributed by atoms with Crippen LogP contribution in [0.15, 0.2) is 0 Å². The van der Waals surface area contributed by atoms with Gasteiger partial charge in [-0.15, -0.1) is 0 Å². The third-order valence-corrected chi connectivity index (χ3v) is 0. The first-order valence-corrected chi connectivity index (χ1v) is 2.19. The first-order valence-electron chi connectivity index (χ1n) is 0.730. The van der Waals surface area contributed by atoms with Crippen LogP contribution in [0.3, 0.4) is 0 Å². The molecule has 0 radical (unpaired) electrons. The molecule has 0 aromatic heterocycles. The van der Waals surface area contributed by atoms with E-state index in [-0.39, 0.29) is 46.9 Å². The van der Waals surface area contributed by atoms with Gasteiger partial charge in [-0.1, -0.05) is 0 Å². The number of rotatable bonds is 0. The Kier molecular flexibility index (Phi) is 57.6. The fourth-order valence-corrected chi connectivity index (χ4v) is 0. The second-order valence-corrected chi connectivity index (χ2v) is 0.447. The summed E-state index contributed by atoms with van der Waals surface area (Å²) in [6.45, 7) is 0. The van der Waals surface area contributed by atoms with Crippen molar-refractivity contribution < 1.29 is 65.8 Å². The second-order valence-electron chi connectivity index (χ2n) is 0.149. The predicted octanol–water partition coefficient (Wildman–Crippen LogP) is -0.893. The van der Waals surface area contributed by atoms with Crippen LogP contribution in [0, 0.1) is 46.9 Å². The largest absolute Gasteiger partial charge is 2.00 e. The van der Waals surface area contributed by atoms with Gasteiger partial charge in [0.2, 0.25) is 0 Å². The van der Waals surface area contributed by atoms with E-state index in [1.54, 1.807) is 0 Å². The van der Waals surface area contributed by atoms with Crippen LogP contribution in [0.4, 0.5) is 0 Å². The summed E-state index contributed by atoms with van der Waals surface area (Å²) in [5.41, 5.74) is 0. The van der Waals surface area contributed by atoms with Crippen molar-refractivity contribution in [1.82, 2.24) is 0 Å². The van der Waals surface area contributed by atoms with E-state index in [0.717, 1.165) is 0 Å². The van der Waals surface area contributed by atoms with Crippen molar-refractivity contribution in [2.24, 2.45) is 0 Å². The Bertz CT molecular complexity index is 30.7. The third kappa shape index (κ3) is 90.4. The predicted molar refractivity (Wildman–Crippen MR) is 15.2 cm³/mol. The van der Waals surface area contributed by atoms with Crippen LogP contribution >= 0.6 is 17.4 Å². The standard InChI is InChI=1S/2HO2P.Yb/c2*1-3-2;/h2*(H,1,2);/q;;+2/p-2. The molecule has 0 bridgehead atoms. The molecule has 0 aliphatic rings. The van der Waals surface area contributed by atoms with Crippen molar-refractivity contribution in [2.45, 2.75) is 0 Å². The molecular formula is O4P2Yb. The summed E-state index contributed by atoms with van der Waals surface area (Å²) in [5, 5.41) is 0. The fourth-order valence-electron chi connectivity index (χ4n) is 0. The van der Waals surface area contributed by atoms with Crippen molar-refractivity contribution >= 4 is 17.4 Å². The minimum atomic E-state index is -1.08. The quantitative estimate of drug-likeness (QED) is 0.543. The molecule has 0 saturated carbocycles. The maximum atomic E-state index is 8.35. The zero-order chi connectivity index (χ0) is 5.41. The molecule has 7 heteroatoms. The molecule has 0 spiro atoms. The first kappa shape index (κ1) is 15.9. The van der Waals surface area contributed by atoms with Crippen LogP contribution in [0.2, 0.25) is 0 Å². The average molecular weight is 299 g/mol. The van der Waals surface area contributed by atoms with Crippen molar-refractivity contribution in [3.05, 3.63) is 0 Å². The van der Waals surface area contributed by atoms with Gasteiger partial charge in [-0.25, -0.2) is 0 Å². The summed E-state index contributed by atoms with van der Waals surface area (Å²) in [4.78, 5) is 16.7. The maximum Gasteiger partial charge on any atom is 2.00 e. The zero-order valence-corrected chi connectivity index (χ0v) is 6.30. The second kappa shape index (κ2) is 25.4. The van der Waals surface area contributed by atoms with Gasteiger partial charge in [0.15, 0.2) is 0 Å². The molecule has 0 N–H and O–H groups in total. The van der Waals surface area contributed by atoms with Gasteiger partial charge < -0.3 is 9.79 Å². The van der Waals surface area contributed by atoms with Crippen molar-refractivity contribution in [3.8, 4) is 0 Å². The molecule has 0 unspecified atom stereocenters. The van der Waals surface area contributed by atoms with E-state index >= 15 is 0 Å². The average Bonchev–Trinajstić information content (AvgIpc) is 1.39. The van der Waals surface area contributed by atoms with Gasteiger partial charge in [-0.3, -0.25) is 9.13 Å². The molecule has 0 atom stereocenters. The Balaban J connectivity index is -0.0000000400. The van der Waals surface area contributed by atoms with Gasteiger partial charge >= 0.3 is 46.9 Å². The molecular weight excluding hydrogens is 299 g/mol. The Labute approximate surface area is 82.1 Å². The molecule has 7 heavy (non-hydrogen) atoms. The van der Waals surface area contributed by atoms with Gasteiger partial charge in [0, 0.05) is 0 Å². The van der Waals surface area contributed by atoms with Crippen molar-refractivity contribution in [1.29, 1.82) is 0 Å². The maximum absolute atomic E-state index is 8.35. The number of hydrogen-bond acceptors (Lipinski definition) is 4. The zero-order valence-electron chi connectivity index (χ0n) is 2.79. The topological polar surface area (TPSA) is 80.3 Å². The summed E-state index contributed by atoms with van der Waals surface area (Å²) in [5.74, 6) is 0. The minimum Gasteiger partial charge on any atom is -0.772 e. The molecule has 0 heterocycles. The Morgan fingerprint density at radius 3 is 1.00 bits per heavy atom. The van der Waals surface area contributed by atoms with Crippen LogP contribution in [-0.4, -0.2) is 0 Å². The summed E-state index contributed by atoms with van der Waals surface area (Å²) >= 11 is 0. The molecule has 4 nitrogen and oxygen atoms in total. The van der Waals surface area contributed by atoms with E-state index in [1.807, 2.05) is 0 Å². The molecule has 0 amide bonds. The SMILES string of the molecule is O=P[O-].O=P[O-].[Yb+2]. The molecule has 0 aliphatic carbocycles. The summed E-state index contributed by atoms with van der Waals surface area (Å²) < 4.78 is 16.7. The van der Waals surface area contributed by atoms with Gasteiger partial charge in [0.25, 0.3) is 0 Å². The normalized spacial score (nSPS) is 6.00. The van der Waals surface area contributed by atoms with E-state index < -0.39 is 17.4 Å². The molecule has 48 valence electrons. The monoisotopic (exact) mass is 300 g/mol. The molecule has 0 aromatic carbocycles. The van der Waals surface area contributed by atoms with E-state index in [9.17, 15) is 0 Å². The summed E-state index contributed by atoms with van der Waals surface area (Å²) in [7, 11) is -2.17. The van der Waals surface area contributed by atoms with Crippen LogP contribution in [0.5, 0.6) is 0 Å². The molecule has 0 fully saturated rings. The van der Waals surface area contributed by atoms with Crippen LogP contribution < -0.4 is 9.79 Å². The first-order chi connectivity index (χ1) is 2.83. The summed E-state index contributed by atoms with van der Waals surface area (Å²) in [6, 6.07) is 0. The van der Waals surface area contributed by atoms with E-state index in [4.69, 9.17) is 18.9 Å². The Hall–Kier alpha value is 1.64. The van der Waals surface area contributed by atoms with Gasteiger partial charge in [0.1, 0.15) is 0 Å². The smallest absolute Gasteiger partial charge is 0.772 e. The van der Waals surface area contributed by atoms with Crippen molar-refractivity contribution in [3.63, 3.8) is 0 Å². The molecule has 0 aromatic rings. The molecule has 0 rings (SSSR count).